The minimum Gasteiger partial charge on any atom is -0.464 e. The molecule has 0 amide bonds. The molecule has 0 saturated heterocycles. The zero-order chi connectivity index (χ0) is 14.3. The average Bonchev–Trinajstić information content (AvgIpc) is 3.23. The lowest BCUT2D eigenvalue weighted by Crippen LogP contribution is -2.34. The fourth-order valence-corrected chi connectivity index (χ4v) is 2.75. The van der Waals surface area contributed by atoms with Crippen LogP contribution < -0.4 is 0 Å². The number of esters is 1. The van der Waals surface area contributed by atoms with Crippen molar-refractivity contribution in [2.75, 3.05) is 7.11 Å². The number of nitro groups is 1. The van der Waals surface area contributed by atoms with Gasteiger partial charge in [-0.1, -0.05) is 42.5 Å². The Morgan fingerprint density at radius 1 is 1.30 bits per heavy atom. The molecule has 2 atom stereocenters. The van der Waals surface area contributed by atoms with Crippen LogP contribution in [0.3, 0.4) is 0 Å². The van der Waals surface area contributed by atoms with Crippen LogP contribution in [0.1, 0.15) is 17.9 Å². The van der Waals surface area contributed by atoms with Crippen LogP contribution >= 0.6 is 0 Å². The van der Waals surface area contributed by atoms with Crippen molar-refractivity contribution in [3.63, 3.8) is 0 Å². The van der Waals surface area contributed by atoms with Crippen LogP contribution in [-0.4, -0.2) is 23.5 Å². The second-order valence-electron chi connectivity index (χ2n) is 5.04. The molecule has 2 aromatic carbocycles. The molecule has 0 aliphatic heterocycles. The zero-order valence-electron chi connectivity index (χ0n) is 10.9. The molecule has 102 valence electrons. The number of hydrogen-bond acceptors (Lipinski definition) is 4. The summed E-state index contributed by atoms with van der Waals surface area (Å²) >= 11 is 0. The zero-order valence-corrected chi connectivity index (χ0v) is 10.9. The molecule has 1 fully saturated rings. The molecule has 1 saturated carbocycles. The molecule has 20 heavy (non-hydrogen) atoms. The van der Waals surface area contributed by atoms with E-state index in [2.05, 4.69) is 4.74 Å². The third kappa shape index (κ3) is 1.66. The van der Waals surface area contributed by atoms with Crippen molar-refractivity contribution in [2.45, 2.75) is 17.9 Å². The summed E-state index contributed by atoms with van der Waals surface area (Å²) in [6.45, 7) is 0. The van der Waals surface area contributed by atoms with Crippen molar-refractivity contribution in [3.05, 3.63) is 58.1 Å². The van der Waals surface area contributed by atoms with E-state index >= 15 is 0 Å². The molecule has 5 nitrogen and oxygen atoms in total. The van der Waals surface area contributed by atoms with E-state index in [1.165, 1.54) is 7.11 Å². The predicted molar refractivity (Wildman–Crippen MR) is 73.0 cm³/mol. The Balaban J connectivity index is 2.01. The molecule has 3 rings (SSSR count). The van der Waals surface area contributed by atoms with Crippen LogP contribution in [0.4, 0.5) is 0 Å². The molecular formula is C15H13NO4. The summed E-state index contributed by atoms with van der Waals surface area (Å²) in [7, 11) is 1.18. The Hall–Kier alpha value is -2.43. The number of fused-ring (bicyclic) bond motifs is 1. The van der Waals surface area contributed by atoms with E-state index in [1.54, 1.807) is 0 Å². The number of carbonyl (C=O) groups excluding carboxylic acids is 1. The molecule has 0 unspecified atom stereocenters. The molecule has 0 spiro atoms. The molecular weight excluding hydrogens is 258 g/mol. The Bertz CT molecular complexity index is 712. The standard InChI is InChI=1S/C15H13NO4/c1-20-14(17)15(16(18)19)9-13(15)12-7-6-10-4-2-3-5-11(10)8-12/h2-8,13H,9H2,1H3/t13-,15+/m0/s1. The molecule has 1 aliphatic carbocycles. The number of carbonyl (C=O) groups is 1. The first-order valence-electron chi connectivity index (χ1n) is 6.31. The number of benzene rings is 2. The highest BCUT2D eigenvalue weighted by Crippen LogP contribution is 2.54. The Kier molecular flexibility index (Phi) is 2.71. The number of ether oxygens (including phenoxy) is 1. The van der Waals surface area contributed by atoms with Crippen LogP contribution in [0.15, 0.2) is 42.5 Å². The van der Waals surface area contributed by atoms with Gasteiger partial charge in [-0.25, -0.2) is 4.79 Å². The third-order valence-electron chi connectivity index (χ3n) is 3.97. The quantitative estimate of drug-likeness (QED) is 0.488. The van der Waals surface area contributed by atoms with Gasteiger partial charge in [-0.15, -0.1) is 0 Å². The minimum atomic E-state index is -1.60. The van der Waals surface area contributed by atoms with Crippen molar-refractivity contribution in [1.82, 2.24) is 0 Å². The fraction of sp³-hybridized carbons (Fsp3) is 0.267. The summed E-state index contributed by atoms with van der Waals surface area (Å²) in [5.74, 6) is -1.17. The summed E-state index contributed by atoms with van der Waals surface area (Å²) in [4.78, 5) is 22.4. The van der Waals surface area contributed by atoms with Gasteiger partial charge >= 0.3 is 11.5 Å². The SMILES string of the molecule is COC(=O)[C@@]1([N+](=O)[O-])C[C@H]1c1ccc2ccccc2c1. The topological polar surface area (TPSA) is 69.4 Å². The first-order valence-corrected chi connectivity index (χ1v) is 6.31. The van der Waals surface area contributed by atoms with Gasteiger partial charge in [0.1, 0.15) is 0 Å². The Labute approximate surface area is 115 Å². The van der Waals surface area contributed by atoms with Gasteiger partial charge in [0.15, 0.2) is 0 Å². The Morgan fingerprint density at radius 3 is 2.65 bits per heavy atom. The molecule has 5 heteroatoms. The van der Waals surface area contributed by atoms with E-state index in [1.807, 2.05) is 42.5 Å². The summed E-state index contributed by atoms with van der Waals surface area (Å²) in [6.07, 6.45) is 0.199. The number of rotatable bonds is 3. The second-order valence-corrected chi connectivity index (χ2v) is 5.04. The maximum absolute atomic E-state index is 11.7. The average molecular weight is 271 g/mol. The fourth-order valence-electron chi connectivity index (χ4n) is 2.75. The van der Waals surface area contributed by atoms with Crippen LogP contribution in [0.5, 0.6) is 0 Å². The lowest BCUT2D eigenvalue weighted by atomic mass is 10.0. The first kappa shape index (κ1) is 12.6. The highest BCUT2D eigenvalue weighted by atomic mass is 16.6. The lowest BCUT2D eigenvalue weighted by molar-refractivity contribution is -0.526. The third-order valence-corrected chi connectivity index (χ3v) is 3.97. The number of methoxy groups -OCH3 is 1. The second kappa shape index (κ2) is 4.30. The van der Waals surface area contributed by atoms with E-state index < -0.39 is 22.3 Å². The molecule has 0 heterocycles. The van der Waals surface area contributed by atoms with Crippen LogP contribution in [0.2, 0.25) is 0 Å². The maximum atomic E-state index is 11.7. The first-order chi connectivity index (χ1) is 9.59. The number of nitrogens with zero attached hydrogens (tertiary/aromatic N) is 1. The van der Waals surface area contributed by atoms with Crippen molar-refractivity contribution in [2.24, 2.45) is 0 Å². The monoisotopic (exact) mass is 271 g/mol. The van der Waals surface area contributed by atoms with Gasteiger partial charge in [0, 0.05) is 11.3 Å². The van der Waals surface area contributed by atoms with Gasteiger partial charge in [-0.05, 0) is 16.3 Å². The van der Waals surface area contributed by atoms with Gasteiger partial charge in [0.25, 0.3) is 0 Å². The van der Waals surface area contributed by atoms with Crippen LogP contribution in [0, 0.1) is 10.1 Å². The van der Waals surface area contributed by atoms with Crippen molar-refractivity contribution in [3.8, 4) is 0 Å². The molecule has 1 aliphatic rings. The van der Waals surface area contributed by atoms with E-state index in [0.717, 1.165) is 16.3 Å². The minimum absolute atomic E-state index is 0.199. The van der Waals surface area contributed by atoms with Crippen LogP contribution in [-0.2, 0) is 9.53 Å². The predicted octanol–water partition coefficient (Wildman–Crippen LogP) is 2.52. The molecule has 0 aromatic heterocycles. The Morgan fingerprint density at radius 2 is 2.00 bits per heavy atom. The van der Waals surface area contributed by atoms with Gasteiger partial charge in [-0.2, -0.15) is 0 Å². The van der Waals surface area contributed by atoms with Crippen molar-refractivity contribution in [1.29, 1.82) is 0 Å². The normalized spacial score (nSPS) is 24.4. The van der Waals surface area contributed by atoms with E-state index in [-0.39, 0.29) is 6.42 Å². The highest BCUT2D eigenvalue weighted by Gasteiger charge is 2.73. The molecule has 0 bridgehead atoms. The van der Waals surface area contributed by atoms with Crippen LogP contribution in [0.25, 0.3) is 10.8 Å². The van der Waals surface area contributed by atoms with Crippen molar-refractivity contribution < 1.29 is 14.5 Å². The highest BCUT2D eigenvalue weighted by molar-refractivity contribution is 5.87. The summed E-state index contributed by atoms with van der Waals surface area (Å²) in [5, 5.41) is 13.3. The smallest absolute Gasteiger partial charge is 0.385 e. The van der Waals surface area contributed by atoms with Gasteiger partial charge in [-0.3, -0.25) is 10.1 Å². The van der Waals surface area contributed by atoms with E-state index in [9.17, 15) is 14.9 Å². The summed E-state index contributed by atoms with van der Waals surface area (Å²) in [6, 6.07) is 13.5. The molecule has 0 radical (unpaired) electrons. The van der Waals surface area contributed by atoms with E-state index in [0.29, 0.717) is 0 Å². The summed E-state index contributed by atoms with van der Waals surface area (Å²) in [5.41, 5.74) is -0.789. The van der Waals surface area contributed by atoms with Crippen molar-refractivity contribution >= 4 is 16.7 Å². The van der Waals surface area contributed by atoms with Gasteiger partial charge in [0.2, 0.25) is 0 Å². The summed E-state index contributed by atoms with van der Waals surface area (Å²) < 4.78 is 4.60. The molecule has 0 N–H and O–H groups in total. The van der Waals surface area contributed by atoms with E-state index in [4.69, 9.17) is 0 Å². The van der Waals surface area contributed by atoms with Gasteiger partial charge < -0.3 is 4.74 Å². The number of hydrogen-bond donors (Lipinski definition) is 0. The molecule has 2 aromatic rings. The maximum Gasteiger partial charge on any atom is 0.385 e. The lowest BCUT2D eigenvalue weighted by Gasteiger charge is -2.08. The largest absolute Gasteiger partial charge is 0.464 e. The van der Waals surface area contributed by atoms with Gasteiger partial charge in [0.05, 0.1) is 13.0 Å².